The first-order chi connectivity index (χ1) is 11.4. The highest BCUT2D eigenvalue weighted by Gasteiger charge is 2.28. The number of carbonyl (C=O) groups excluding carboxylic acids is 1. The molecule has 25 heavy (non-hydrogen) atoms. The van der Waals surface area contributed by atoms with Crippen LogP contribution in [-0.2, 0) is 4.79 Å². The molecular formula is C18H29ClN2O3S. The largest absolute Gasteiger partial charge is 0.490 e. The number of rotatable bonds is 7. The van der Waals surface area contributed by atoms with Gasteiger partial charge in [0, 0.05) is 30.0 Å². The summed E-state index contributed by atoms with van der Waals surface area (Å²) in [6.07, 6.45) is 1.36. The molecule has 0 radical (unpaired) electrons. The molecule has 0 saturated carbocycles. The molecule has 1 aliphatic heterocycles. The minimum atomic E-state index is -0.350. The van der Waals surface area contributed by atoms with Crippen LogP contribution in [0.15, 0.2) is 23.1 Å². The zero-order valence-electron chi connectivity index (χ0n) is 15.2. The Morgan fingerprint density at radius 1 is 1.32 bits per heavy atom. The maximum absolute atomic E-state index is 12.2. The molecule has 0 spiro atoms. The summed E-state index contributed by atoms with van der Waals surface area (Å²) in [5.74, 6) is 2.63. The number of amides is 1. The van der Waals surface area contributed by atoms with E-state index in [1.807, 2.05) is 25.1 Å². The van der Waals surface area contributed by atoms with Crippen molar-refractivity contribution in [3.63, 3.8) is 0 Å². The van der Waals surface area contributed by atoms with E-state index in [1.54, 1.807) is 11.8 Å². The van der Waals surface area contributed by atoms with Crippen molar-refractivity contribution in [1.29, 1.82) is 0 Å². The van der Waals surface area contributed by atoms with Gasteiger partial charge < -0.3 is 20.5 Å². The van der Waals surface area contributed by atoms with E-state index in [0.29, 0.717) is 37.9 Å². The number of hydrogen-bond donors (Lipinski definition) is 2. The number of carbonyl (C=O) groups is 1. The molecule has 1 aromatic rings. The van der Waals surface area contributed by atoms with Gasteiger partial charge in [0.15, 0.2) is 11.5 Å². The van der Waals surface area contributed by atoms with Crippen LogP contribution in [0.25, 0.3) is 0 Å². The maximum Gasteiger partial charge on any atom is 0.221 e. The Balaban J connectivity index is 0.00000312. The molecule has 1 heterocycles. The fourth-order valence-electron chi connectivity index (χ4n) is 2.31. The number of ether oxygens (including phenoxy) is 2. The monoisotopic (exact) mass is 388 g/mol. The van der Waals surface area contributed by atoms with Gasteiger partial charge in [-0.1, -0.05) is 13.8 Å². The molecule has 0 bridgehead atoms. The van der Waals surface area contributed by atoms with E-state index < -0.39 is 0 Å². The smallest absolute Gasteiger partial charge is 0.221 e. The first-order valence-electron chi connectivity index (χ1n) is 8.48. The molecule has 1 unspecified atom stereocenters. The van der Waals surface area contributed by atoms with Gasteiger partial charge in [-0.25, -0.2) is 0 Å². The summed E-state index contributed by atoms with van der Waals surface area (Å²) in [5.41, 5.74) is 5.46. The second kappa shape index (κ2) is 10.1. The van der Waals surface area contributed by atoms with E-state index in [4.69, 9.17) is 15.2 Å². The van der Waals surface area contributed by atoms with Crippen molar-refractivity contribution in [2.45, 2.75) is 44.0 Å². The normalized spacial score (nSPS) is 15.7. The molecule has 1 atom stereocenters. The van der Waals surface area contributed by atoms with Crippen molar-refractivity contribution in [2.75, 3.05) is 25.5 Å². The van der Waals surface area contributed by atoms with Crippen LogP contribution in [0.3, 0.4) is 0 Å². The molecule has 0 aliphatic carbocycles. The summed E-state index contributed by atoms with van der Waals surface area (Å²) in [6, 6.07) is 5.93. The van der Waals surface area contributed by atoms with Crippen LogP contribution < -0.4 is 20.5 Å². The summed E-state index contributed by atoms with van der Waals surface area (Å²) in [6.45, 7) is 7.93. The van der Waals surface area contributed by atoms with Gasteiger partial charge in [-0.05, 0) is 31.0 Å². The molecule has 1 amide bonds. The number of nitrogens with one attached hydrogen (secondary N) is 1. The third-order valence-corrected chi connectivity index (χ3v) is 5.44. The van der Waals surface area contributed by atoms with Crippen molar-refractivity contribution in [2.24, 2.45) is 11.7 Å². The summed E-state index contributed by atoms with van der Waals surface area (Å²) in [4.78, 5) is 13.2. The number of fused-ring (bicyclic) bond motifs is 1. The quantitative estimate of drug-likeness (QED) is 0.701. The average molecular weight is 389 g/mol. The first kappa shape index (κ1) is 21.9. The van der Waals surface area contributed by atoms with Crippen molar-refractivity contribution in [3.8, 4) is 11.5 Å². The second-order valence-corrected chi connectivity index (χ2v) is 7.75. The Morgan fingerprint density at radius 2 is 2.00 bits per heavy atom. The number of thioether (sulfide) groups is 1. The molecule has 7 heteroatoms. The van der Waals surface area contributed by atoms with Crippen LogP contribution >= 0.6 is 24.2 Å². The standard InChI is InChI=1S/C18H28N2O3S.ClH/c1-13(2)18(3,12-19)20-17(21)7-10-24-14-5-6-15-16(11-14)23-9-4-8-22-15;/h5-6,11,13H,4,7-10,12,19H2,1-3H3,(H,20,21);1H. The Hall–Kier alpha value is -1.11. The molecule has 0 fully saturated rings. The molecular weight excluding hydrogens is 360 g/mol. The Labute approximate surface area is 160 Å². The second-order valence-electron chi connectivity index (χ2n) is 6.58. The fourth-order valence-corrected chi connectivity index (χ4v) is 3.18. The van der Waals surface area contributed by atoms with E-state index in [0.717, 1.165) is 22.8 Å². The van der Waals surface area contributed by atoms with Gasteiger partial charge in [-0.3, -0.25) is 4.79 Å². The van der Waals surface area contributed by atoms with Gasteiger partial charge >= 0.3 is 0 Å². The summed E-state index contributed by atoms with van der Waals surface area (Å²) in [5, 5.41) is 3.07. The van der Waals surface area contributed by atoms with Crippen LogP contribution in [0.1, 0.15) is 33.6 Å². The SMILES string of the molecule is CC(C)C(C)(CN)NC(=O)CCSc1ccc2c(c1)OCCCO2.Cl. The van der Waals surface area contributed by atoms with Crippen LogP contribution in [0.2, 0.25) is 0 Å². The van der Waals surface area contributed by atoms with Gasteiger partial charge in [0.2, 0.25) is 5.91 Å². The van der Waals surface area contributed by atoms with Crippen molar-refractivity contribution < 1.29 is 14.3 Å². The third-order valence-electron chi connectivity index (χ3n) is 4.44. The lowest BCUT2D eigenvalue weighted by Crippen LogP contribution is -2.55. The van der Waals surface area contributed by atoms with E-state index in [1.165, 1.54) is 0 Å². The third kappa shape index (κ3) is 6.28. The molecule has 5 nitrogen and oxygen atoms in total. The van der Waals surface area contributed by atoms with Crippen molar-refractivity contribution in [1.82, 2.24) is 5.32 Å². The Morgan fingerprint density at radius 3 is 2.64 bits per heavy atom. The van der Waals surface area contributed by atoms with Crippen LogP contribution in [0.5, 0.6) is 11.5 Å². The van der Waals surface area contributed by atoms with E-state index in [2.05, 4.69) is 19.2 Å². The van der Waals surface area contributed by atoms with Gasteiger partial charge in [-0.2, -0.15) is 0 Å². The Bertz CT molecular complexity index is 571. The highest BCUT2D eigenvalue weighted by Crippen LogP contribution is 2.34. The topological polar surface area (TPSA) is 73.6 Å². The number of benzene rings is 1. The molecule has 2 rings (SSSR count). The predicted octanol–water partition coefficient (Wildman–Crippen LogP) is 3.24. The van der Waals surface area contributed by atoms with Crippen molar-refractivity contribution >= 4 is 30.1 Å². The molecule has 1 aromatic carbocycles. The van der Waals surface area contributed by atoms with Crippen LogP contribution in [0.4, 0.5) is 0 Å². The molecule has 3 N–H and O–H groups in total. The molecule has 142 valence electrons. The maximum atomic E-state index is 12.2. The molecule has 0 aromatic heterocycles. The number of nitrogens with two attached hydrogens (primary N) is 1. The van der Waals surface area contributed by atoms with Gasteiger partial charge in [-0.15, -0.1) is 24.2 Å². The van der Waals surface area contributed by atoms with E-state index >= 15 is 0 Å². The van der Waals surface area contributed by atoms with Gasteiger partial charge in [0.25, 0.3) is 0 Å². The minimum Gasteiger partial charge on any atom is -0.490 e. The van der Waals surface area contributed by atoms with Crippen LogP contribution in [0, 0.1) is 5.92 Å². The van der Waals surface area contributed by atoms with Gasteiger partial charge in [0.05, 0.1) is 18.8 Å². The minimum absolute atomic E-state index is 0. The lowest BCUT2D eigenvalue weighted by atomic mass is 9.88. The Kier molecular flexibility index (Phi) is 8.89. The first-order valence-corrected chi connectivity index (χ1v) is 9.46. The van der Waals surface area contributed by atoms with E-state index in [-0.39, 0.29) is 23.9 Å². The zero-order chi connectivity index (χ0) is 17.6. The lowest BCUT2D eigenvalue weighted by molar-refractivity contribution is -0.122. The highest BCUT2D eigenvalue weighted by molar-refractivity contribution is 7.99. The fraction of sp³-hybridized carbons (Fsp3) is 0.611. The predicted molar refractivity (Wildman–Crippen MR) is 105 cm³/mol. The lowest BCUT2D eigenvalue weighted by Gasteiger charge is -2.33. The summed E-state index contributed by atoms with van der Waals surface area (Å²) < 4.78 is 11.3. The van der Waals surface area contributed by atoms with E-state index in [9.17, 15) is 4.79 Å². The molecule has 0 saturated heterocycles. The van der Waals surface area contributed by atoms with Gasteiger partial charge in [0.1, 0.15) is 0 Å². The van der Waals surface area contributed by atoms with Crippen LogP contribution in [-0.4, -0.2) is 37.0 Å². The summed E-state index contributed by atoms with van der Waals surface area (Å²) >= 11 is 1.64. The average Bonchev–Trinajstić information content (AvgIpc) is 2.79. The van der Waals surface area contributed by atoms with Crippen molar-refractivity contribution in [3.05, 3.63) is 18.2 Å². The summed E-state index contributed by atoms with van der Waals surface area (Å²) in [7, 11) is 0. The zero-order valence-corrected chi connectivity index (χ0v) is 16.8. The molecule has 1 aliphatic rings. The number of halogens is 1. The highest BCUT2D eigenvalue weighted by atomic mass is 35.5. The number of hydrogen-bond acceptors (Lipinski definition) is 5.